The number of para-hydroxylation sites is 1. The molecule has 1 amide bonds. The maximum atomic E-state index is 11.9. The van der Waals surface area contributed by atoms with E-state index in [1.165, 1.54) is 11.8 Å². The van der Waals surface area contributed by atoms with Crippen LogP contribution in [-0.4, -0.2) is 16.7 Å². The van der Waals surface area contributed by atoms with Crippen LogP contribution in [0.1, 0.15) is 21.7 Å². The second-order valence-corrected chi connectivity index (χ2v) is 5.89. The Kier molecular flexibility index (Phi) is 4.35. The second kappa shape index (κ2) is 7.11. The lowest BCUT2D eigenvalue weighted by molar-refractivity contribution is 0.0927. The van der Waals surface area contributed by atoms with Crippen LogP contribution >= 0.6 is 0 Å². The van der Waals surface area contributed by atoms with Crippen LogP contribution in [0.5, 0.6) is 0 Å². The van der Waals surface area contributed by atoms with Gasteiger partial charge in [-0.05, 0) is 23.8 Å². The first-order chi connectivity index (χ1) is 12.8. The number of aromatic nitrogens is 1. The minimum Gasteiger partial charge on any atom is -0.459 e. The Morgan fingerprint density at radius 3 is 2.65 bits per heavy atom. The summed E-state index contributed by atoms with van der Waals surface area (Å²) in [4.78, 5) is 11.9. The van der Waals surface area contributed by atoms with Gasteiger partial charge in [0.05, 0.1) is 12.5 Å². The van der Waals surface area contributed by atoms with Gasteiger partial charge in [-0.15, -0.1) is 0 Å². The molecular formula is C21H17N3O2. The predicted molar refractivity (Wildman–Crippen MR) is 101 cm³/mol. The van der Waals surface area contributed by atoms with Gasteiger partial charge in [-0.2, -0.15) is 5.10 Å². The van der Waals surface area contributed by atoms with Gasteiger partial charge in [0.25, 0.3) is 0 Å². The number of fused-ring (bicyclic) bond motifs is 1. The number of nitrogens with zero attached hydrogens (tertiary/aromatic N) is 2. The van der Waals surface area contributed by atoms with Crippen LogP contribution in [0, 0.1) is 0 Å². The van der Waals surface area contributed by atoms with E-state index in [0.29, 0.717) is 0 Å². The van der Waals surface area contributed by atoms with E-state index in [0.717, 1.165) is 23.0 Å². The van der Waals surface area contributed by atoms with Gasteiger partial charge in [0.15, 0.2) is 5.76 Å². The van der Waals surface area contributed by atoms with Crippen molar-refractivity contribution in [1.29, 1.82) is 0 Å². The fourth-order valence-corrected chi connectivity index (χ4v) is 2.91. The third kappa shape index (κ3) is 3.28. The topological polar surface area (TPSA) is 59.5 Å². The molecule has 1 N–H and O–H groups in total. The molecule has 0 radical (unpaired) electrons. The van der Waals surface area contributed by atoms with E-state index in [9.17, 15) is 4.79 Å². The second-order valence-electron chi connectivity index (χ2n) is 5.89. The summed E-state index contributed by atoms with van der Waals surface area (Å²) >= 11 is 0. The molecular weight excluding hydrogens is 326 g/mol. The maximum absolute atomic E-state index is 11.9. The summed E-state index contributed by atoms with van der Waals surface area (Å²) in [5.41, 5.74) is 5.77. The number of hydrogen-bond acceptors (Lipinski definition) is 3. The third-order valence-corrected chi connectivity index (χ3v) is 4.13. The number of hydrazone groups is 1. The SMILES string of the molecule is O=C(N/N=C/c1cn(Cc2ccccc2)c2ccccc12)c1ccco1. The summed E-state index contributed by atoms with van der Waals surface area (Å²) in [5.74, 6) is -0.145. The van der Waals surface area contributed by atoms with Gasteiger partial charge < -0.3 is 8.98 Å². The fraction of sp³-hybridized carbons (Fsp3) is 0.0476. The molecule has 0 fully saturated rings. The molecule has 0 saturated carbocycles. The molecule has 0 aliphatic heterocycles. The number of rotatable bonds is 5. The van der Waals surface area contributed by atoms with Gasteiger partial charge in [-0.25, -0.2) is 5.43 Å². The van der Waals surface area contributed by atoms with Crippen LogP contribution < -0.4 is 5.43 Å². The van der Waals surface area contributed by atoms with Crippen molar-refractivity contribution in [1.82, 2.24) is 9.99 Å². The van der Waals surface area contributed by atoms with E-state index in [1.54, 1.807) is 18.3 Å². The van der Waals surface area contributed by atoms with Gasteiger partial charge in [0.1, 0.15) is 0 Å². The van der Waals surface area contributed by atoms with Crippen molar-refractivity contribution >= 4 is 23.0 Å². The number of amides is 1. The van der Waals surface area contributed by atoms with Crippen LogP contribution in [0.3, 0.4) is 0 Å². The Bertz CT molecular complexity index is 1050. The Balaban J connectivity index is 1.59. The third-order valence-electron chi connectivity index (χ3n) is 4.13. The lowest BCUT2D eigenvalue weighted by Crippen LogP contribution is -2.16. The van der Waals surface area contributed by atoms with E-state index in [2.05, 4.69) is 33.3 Å². The summed E-state index contributed by atoms with van der Waals surface area (Å²) in [6, 6.07) is 21.7. The van der Waals surface area contributed by atoms with E-state index >= 15 is 0 Å². The van der Waals surface area contributed by atoms with Gasteiger partial charge in [-0.3, -0.25) is 4.79 Å². The highest BCUT2D eigenvalue weighted by molar-refractivity contribution is 6.00. The smallest absolute Gasteiger partial charge is 0.307 e. The molecule has 2 heterocycles. The monoisotopic (exact) mass is 343 g/mol. The molecule has 2 aromatic heterocycles. The lowest BCUT2D eigenvalue weighted by Gasteiger charge is -2.05. The lowest BCUT2D eigenvalue weighted by atomic mass is 10.2. The van der Waals surface area contributed by atoms with Crippen molar-refractivity contribution < 1.29 is 9.21 Å². The van der Waals surface area contributed by atoms with Gasteiger partial charge in [0.2, 0.25) is 0 Å². The first kappa shape index (κ1) is 15.9. The largest absolute Gasteiger partial charge is 0.459 e. The average Bonchev–Trinajstić information content (AvgIpc) is 3.32. The normalized spacial score (nSPS) is 11.2. The summed E-state index contributed by atoms with van der Waals surface area (Å²) in [6.45, 7) is 0.772. The zero-order valence-electron chi connectivity index (χ0n) is 14.0. The molecule has 26 heavy (non-hydrogen) atoms. The van der Waals surface area contributed by atoms with Gasteiger partial charge in [-0.1, -0.05) is 48.5 Å². The molecule has 5 nitrogen and oxygen atoms in total. The number of benzene rings is 2. The van der Waals surface area contributed by atoms with Crippen LogP contribution in [0.25, 0.3) is 10.9 Å². The Morgan fingerprint density at radius 2 is 1.85 bits per heavy atom. The molecule has 0 unspecified atom stereocenters. The minimum absolute atomic E-state index is 0.230. The average molecular weight is 343 g/mol. The van der Waals surface area contributed by atoms with Crippen molar-refractivity contribution in [2.75, 3.05) is 0 Å². The molecule has 0 bridgehead atoms. The minimum atomic E-state index is -0.376. The molecule has 0 atom stereocenters. The van der Waals surface area contributed by atoms with E-state index < -0.39 is 0 Å². The highest BCUT2D eigenvalue weighted by Gasteiger charge is 2.08. The highest BCUT2D eigenvalue weighted by atomic mass is 16.3. The van der Waals surface area contributed by atoms with Gasteiger partial charge >= 0.3 is 5.91 Å². The van der Waals surface area contributed by atoms with E-state index in [4.69, 9.17) is 4.42 Å². The molecule has 128 valence electrons. The van der Waals surface area contributed by atoms with Crippen molar-refractivity contribution in [2.24, 2.45) is 5.10 Å². The number of carbonyl (C=O) groups is 1. The standard InChI is InChI=1S/C21H17N3O2/c25-21(20-11-6-12-26-20)23-22-13-17-15-24(14-16-7-2-1-3-8-16)19-10-5-4-9-18(17)19/h1-13,15H,14H2,(H,23,25)/b22-13+. The molecule has 0 spiro atoms. The van der Waals surface area contributed by atoms with Crippen LogP contribution in [-0.2, 0) is 6.54 Å². The molecule has 0 aliphatic carbocycles. The molecule has 0 saturated heterocycles. The molecule has 4 aromatic rings. The van der Waals surface area contributed by atoms with Crippen molar-refractivity contribution in [3.05, 3.63) is 96.1 Å². The van der Waals surface area contributed by atoms with E-state index in [1.807, 2.05) is 42.6 Å². The number of nitrogens with one attached hydrogen (secondary N) is 1. The van der Waals surface area contributed by atoms with Crippen LogP contribution in [0.2, 0.25) is 0 Å². The Hall–Kier alpha value is -3.60. The summed E-state index contributed by atoms with van der Waals surface area (Å²) in [5, 5.41) is 5.15. The number of furan rings is 1. The van der Waals surface area contributed by atoms with Crippen LogP contribution in [0.15, 0.2) is 88.7 Å². The summed E-state index contributed by atoms with van der Waals surface area (Å²) < 4.78 is 7.23. The molecule has 0 aliphatic rings. The maximum Gasteiger partial charge on any atom is 0.307 e. The Morgan fingerprint density at radius 1 is 1.04 bits per heavy atom. The Labute approximate surface area is 150 Å². The van der Waals surface area contributed by atoms with Gasteiger partial charge in [0, 0.05) is 29.2 Å². The number of carbonyl (C=O) groups excluding carboxylic acids is 1. The van der Waals surface area contributed by atoms with Crippen LogP contribution in [0.4, 0.5) is 0 Å². The fourth-order valence-electron chi connectivity index (χ4n) is 2.91. The van der Waals surface area contributed by atoms with Crippen molar-refractivity contribution in [2.45, 2.75) is 6.54 Å². The molecule has 5 heteroatoms. The molecule has 4 rings (SSSR count). The zero-order chi connectivity index (χ0) is 17.8. The van der Waals surface area contributed by atoms with E-state index in [-0.39, 0.29) is 11.7 Å². The van der Waals surface area contributed by atoms with Crippen molar-refractivity contribution in [3.8, 4) is 0 Å². The first-order valence-corrected chi connectivity index (χ1v) is 8.30. The van der Waals surface area contributed by atoms with Crippen molar-refractivity contribution in [3.63, 3.8) is 0 Å². The summed E-state index contributed by atoms with van der Waals surface area (Å²) in [6.07, 6.45) is 5.15. The molecule has 2 aromatic carbocycles. The predicted octanol–water partition coefficient (Wildman–Crippen LogP) is 4.05. The summed E-state index contributed by atoms with van der Waals surface area (Å²) in [7, 11) is 0. The number of hydrogen-bond donors (Lipinski definition) is 1. The quantitative estimate of drug-likeness (QED) is 0.439. The first-order valence-electron chi connectivity index (χ1n) is 8.30. The zero-order valence-corrected chi connectivity index (χ0v) is 14.0. The highest BCUT2D eigenvalue weighted by Crippen LogP contribution is 2.21.